The Hall–Kier alpha value is -3.28. The fraction of sp³-hybridized carbons (Fsp3) is 0.111. The fourth-order valence-electron chi connectivity index (χ4n) is 2.49. The van der Waals surface area contributed by atoms with E-state index in [1.807, 2.05) is 41.1 Å². The Kier molecular flexibility index (Phi) is 4.20. The summed E-state index contributed by atoms with van der Waals surface area (Å²) in [5.41, 5.74) is 4.20. The van der Waals surface area contributed by atoms with E-state index in [1.165, 1.54) is 18.2 Å². The average Bonchev–Trinajstić information content (AvgIpc) is 2.98. The summed E-state index contributed by atoms with van der Waals surface area (Å²) in [6.07, 6.45) is 1.85. The van der Waals surface area contributed by atoms with Crippen LogP contribution in [-0.2, 0) is 11.3 Å². The zero-order chi connectivity index (χ0) is 17.1. The Balaban J connectivity index is 1.72. The maximum absolute atomic E-state index is 12.1. The molecule has 0 saturated heterocycles. The lowest BCUT2D eigenvalue weighted by Crippen LogP contribution is -2.24. The number of hydrogen-bond donors (Lipinski definition) is 3. The number of hydrogen-bond acceptors (Lipinski definition) is 4. The van der Waals surface area contributed by atoms with E-state index in [2.05, 4.69) is 10.5 Å². The highest BCUT2D eigenvalue weighted by Crippen LogP contribution is 2.22. The molecule has 0 unspecified atom stereocenters. The zero-order valence-electron chi connectivity index (χ0n) is 13.1. The SMILES string of the molecule is C/C(=N/NC(=O)Cn1ccc2ccccc21)c1cc(O)ccc1O. The maximum atomic E-state index is 12.1. The molecule has 0 spiro atoms. The van der Waals surface area contributed by atoms with Crippen LogP contribution in [0.5, 0.6) is 11.5 Å². The van der Waals surface area contributed by atoms with Crippen molar-refractivity contribution in [3.63, 3.8) is 0 Å². The number of aromatic hydroxyl groups is 2. The number of fused-ring (bicyclic) bond motifs is 1. The van der Waals surface area contributed by atoms with Crippen LogP contribution in [0.3, 0.4) is 0 Å². The van der Waals surface area contributed by atoms with Gasteiger partial charge >= 0.3 is 0 Å². The minimum atomic E-state index is -0.282. The van der Waals surface area contributed by atoms with Crippen molar-refractivity contribution in [2.75, 3.05) is 0 Å². The van der Waals surface area contributed by atoms with Crippen molar-refractivity contribution >= 4 is 22.5 Å². The van der Waals surface area contributed by atoms with E-state index >= 15 is 0 Å². The molecule has 2 aromatic carbocycles. The van der Waals surface area contributed by atoms with Gasteiger partial charge in [0.2, 0.25) is 0 Å². The maximum Gasteiger partial charge on any atom is 0.259 e. The number of nitrogens with zero attached hydrogens (tertiary/aromatic N) is 2. The molecule has 0 aliphatic carbocycles. The minimum Gasteiger partial charge on any atom is -0.508 e. The highest BCUT2D eigenvalue weighted by molar-refractivity contribution is 6.01. The van der Waals surface area contributed by atoms with Gasteiger partial charge in [-0.3, -0.25) is 4.79 Å². The first-order chi connectivity index (χ1) is 11.5. The van der Waals surface area contributed by atoms with E-state index in [1.54, 1.807) is 6.92 Å². The molecule has 1 aromatic heterocycles. The van der Waals surface area contributed by atoms with Gasteiger partial charge in [0.1, 0.15) is 18.0 Å². The molecule has 24 heavy (non-hydrogen) atoms. The van der Waals surface area contributed by atoms with Crippen LogP contribution in [0.15, 0.2) is 59.8 Å². The number of para-hydroxylation sites is 1. The van der Waals surface area contributed by atoms with E-state index in [9.17, 15) is 15.0 Å². The molecule has 3 N–H and O–H groups in total. The number of phenols is 2. The number of carbonyl (C=O) groups excluding carboxylic acids is 1. The Morgan fingerprint density at radius 1 is 1.17 bits per heavy atom. The molecule has 3 rings (SSSR count). The summed E-state index contributed by atoms with van der Waals surface area (Å²) in [4.78, 5) is 12.1. The van der Waals surface area contributed by atoms with Gasteiger partial charge in [-0.15, -0.1) is 0 Å². The smallest absolute Gasteiger partial charge is 0.259 e. The lowest BCUT2D eigenvalue weighted by Gasteiger charge is -2.07. The van der Waals surface area contributed by atoms with Gasteiger partial charge < -0.3 is 14.8 Å². The van der Waals surface area contributed by atoms with E-state index in [0.29, 0.717) is 11.3 Å². The Bertz CT molecular complexity index is 928. The highest BCUT2D eigenvalue weighted by Gasteiger charge is 2.08. The number of rotatable bonds is 4. The van der Waals surface area contributed by atoms with Crippen molar-refractivity contribution in [1.29, 1.82) is 0 Å². The van der Waals surface area contributed by atoms with Crippen LogP contribution < -0.4 is 5.43 Å². The van der Waals surface area contributed by atoms with E-state index in [0.717, 1.165) is 10.9 Å². The lowest BCUT2D eigenvalue weighted by molar-refractivity contribution is -0.121. The van der Waals surface area contributed by atoms with Crippen LogP contribution in [-0.4, -0.2) is 26.4 Å². The van der Waals surface area contributed by atoms with Gasteiger partial charge in [0.25, 0.3) is 5.91 Å². The van der Waals surface area contributed by atoms with E-state index in [4.69, 9.17) is 0 Å². The van der Waals surface area contributed by atoms with Gasteiger partial charge in [0.05, 0.1) is 5.71 Å². The standard InChI is InChI=1S/C18H17N3O3/c1-12(15-10-14(22)6-7-17(15)23)19-20-18(24)11-21-9-8-13-4-2-3-5-16(13)21/h2-10,22-23H,11H2,1H3,(H,20,24)/b19-12-. The third-order valence-electron chi connectivity index (χ3n) is 3.71. The van der Waals surface area contributed by atoms with Gasteiger partial charge in [0, 0.05) is 17.3 Å². The molecule has 0 bridgehead atoms. The normalized spacial score (nSPS) is 11.6. The number of amides is 1. The molecule has 3 aromatic rings. The second kappa shape index (κ2) is 6.45. The molecular formula is C18H17N3O3. The van der Waals surface area contributed by atoms with Crippen LogP contribution in [0, 0.1) is 0 Å². The summed E-state index contributed by atoms with van der Waals surface area (Å²) in [6.45, 7) is 1.77. The molecule has 0 radical (unpaired) electrons. The third-order valence-corrected chi connectivity index (χ3v) is 3.71. The molecule has 0 aliphatic rings. The molecule has 122 valence electrons. The van der Waals surface area contributed by atoms with Gasteiger partial charge in [-0.2, -0.15) is 5.10 Å². The first-order valence-electron chi connectivity index (χ1n) is 7.44. The van der Waals surface area contributed by atoms with Crippen molar-refractivity contribution in [3.8, 4) is 11.5 Å². The number of nitrogens with one attached hydrogen (secondary N) is 1. The van der Waals surface area contributed by atoms with Crippen molar-refractivity contribution in [3.05, 3.63) is 60.3 Å². The predicted molar refractivity (Wildman–Crippen MR) is 92.1 cm³/mol. The van der Waals surface area contributed by atoms with E-state index in [-0.39, 0.29) is 24.0 Å². The summed E-state index contributed by atoms with van der Waals surface area (Å²) < 4.78 is 1.83. The largest absolute Gasteiger partial charge is 0.508 e. The third kappa shape index (κ3) is 3.22. The molecular weight excluding hydrogens is 306 g/mol. The molecule has 6 nitrogen and oxygen atoms in total. The second-order valence-corrected chi connectivity index (χ2v) is 5.44. The van der Waals surface area contributed by atoms with Gasteiger partial charge in [-0.1, -0.05) is 18.2 Å². The topological polar surface area (TPSA) is 86.9 Å². The molecule has 1 heterocycles. The van der Waals surface area contributed by atoms with Crippen LogP contribution in [0.1, 0.15) is 12.5 Å². The summed E-state index contributed by atoms with van der Waals surface area (Å²) in [5, 5.41) is 24.3. The first kappa shape index (κ1) is 15.6. The van der Waals surface area contributed by atoms with Crippen LogP contribution in [0.2, 0.25) is 0 Å². The highest BCUT2D eigenvalue weighted by atomic mass is 16.3. The van der Waals surface area contributed by atoms with Gasteiger partial charge in [0.15, 0.2) is 0 Å². The first-order valence-corrected chi connectivity index (χ1v) is 7.44. The second-order valence-electron chi connectivity index (χ2n) is 5.44. The van der Waals surface area contributed by atoms with Gasteiger partial charge in [-0.25, -0.2) is 5.43 Å². The Labute approximate surface area is 138 Å². The molecule has 1 amide bonds. The Morgan fingerprint density at radius 2 is 1.96 bits per heavy atom. The van der Waals surface area contributed by atoms with Crippen LogP contribution in [0.4, 0.5) is 0 Å². The Morgan fingerprint density at radius 3 is 2.79 bits per heavy atom. The van der Waals surface area contributed by atoms with E-state index < -0.39 is 0 Å². The summed E-state index contributed by atoms with van der Waals surface area (Å²) >= 11 is 0. The quantitative estimate of drug-likeness (QED) is 0.392. The van der Waals surface area contributed by atoms with Crippen molar-refractivity contribution in [2.24, 2.45) is 5.10 Å². The number of phenolic OH excluding ortho intramolecular Hbond substituents is 2. The summed E-state index contributed by atoms with van der Waals surface area (Å²) in [7, 11) is 0. The number of carbonyl (C=O) groups is 1. The predicted octanol–water partition coefficient (Wildman–Crippen LogP) is 2.59. The zero-order valence-corrected chi connectivity index (χ0v) is 13.1. The monoisotopic (exact) mass is 323 g/mol. The molecule has 0 saturated carbocycles. The molecule has 0 aliphatic heterocycles. The summed E-state index contributed by atoms with van der Waals surface area (Å²) in [6, 6.07) is 13.9. The minimum absolute atomic E-state index is 0.0142. The average molecular weight is 323 g/mol. The van der Waals surface area contributed by atoms with Crippen LogP contribution >= 0.6 is 0 Å². The van der Waals surface area contributed by atoms with Crippen molar-refractivity contribution < 1.29 is 15.0 Å². The van der Waals surface area contributed by atoms with Crippen LogP contribution in [0.25, 0.3) is 10.9 Å². The molecule has 6 heteroatoms. The molecule has 0 fully saturated rings. The number of aromatic nitrogens is 1. The van der Waals surface area contributed by atoms with Crippen molar-refractivity contribution in [1.82, 2.24) is 9.99 Å². The summed E-state index contributed by atoms with van der Waals surface area (Å²) in [5.74, 6) is -0.280. The molecule has 0 atom stereocenters. The number of hydrazone groups is 1. The lowest BCUT2D eigenvalue weighted by atomic mass is 10.1. The number of benzene rings is 2. The van der Waals surface area contributed by atoms with Crippen molar-refractivity contribution in [2.45, 2.75) is 13.5 Å². The fourth-order valence-corrected chi connectivity index (χ4v) is 2.49. The van der Waals surface area contributed by atoms with Gasteiger partial charge in [-0.05, 0) is 42.6 Å².